The van der Waals surface area contributed by atoms with E-state index in [0.717, 1.165) is 28.5 Å². The van der Waals surface area contributed by atoms with Crippen LogP contribution in [0.25, 0.3) is 23.2 Å². The number of nitrogens with zero attached hydrogens (tertiary/aromatic N) is 2. The van der Waals surface area contributed by atoms with Crippen LogP contribution in [0.15, 0.2) is 84.9 Å². The summed E-state index contributed by atoms with van der Waals surface area (Å²) < 4.78 is 26.0. The van der Waals surface area contributed by atoms with Gasteiger partial charge in [0.25, 0.3) is 5.78 Å². The van der Waals surface area contributed by atoms with Crippen molar-refractivity contribution in [1.29, 1.82) is 0 Å². The summed E-state index contributed by atoms with van der Waals surface area (Å²) in [4.78, 5) is 28.3. The van der Waals surface area contributed by atoms with E-state index in [1.54, 1.807) is 24.3 Å². The van der Waals surface area contributed by atoms with Crippen molar-refractivity contribution in [2.24, 2.45) is 0 Å². The van der Waals surface area contributed by atoms with E-state index in [-0.39, 0.29) is 23.9 Å². The van der Waals surface area contributed by atoms with Gasteiger partial charge in [0.15, 0.2) is 0 Å². The summed E-state index contributed by atoms with van der Waals surface area (Å²) in [6.45, 7) is 4.42. The molecule has 0 N–H and O–H groups in total. The second kappa shape index (κ2) is 11.5. The molecule has 3 aromatic carbocycles. The first kappa shape index (κ1) is 25.6. The third-order valence-electron chi connectivity index (χ3n) is 5.71. The number of hydrogen-bond acceptors (Lipinski definition) is 5. The number of Topliss-reactive ketones (excluding diaryl/α,β-unsaturated/α-hetero) is 1. The van der Waals surface area contributed by atoms with E-state index in [0.29, 0.717) is 5.75 Å². The molecule has 0 aliphatic heterocycles. The van der Waals surface area contributed by atoms with Crippen molar-refractivity contribution in [3.63, 3.8) is 0 Å². The van der Waals surface area contributed by atoms with Crippen molar-refractivity contribution in [3.8, 4) is 22.8 Å². The third-order valence-corrected chi connectivity index (χ3v) is 5.71. The Balaban J connectivity index is 1.62. The van der Waals surface area contributed by atoms with Gasteiger partial charge in [0.2, 0.25) is 0 Å². The average Bonchev–Trinajstić information content (AvgIpc) is 3.31. The number of esters is 1. The van der Waals surface area contributed by atoms with Gasteiger partial charge in [0, 0.05) is 16.8 Å². The van der Waals surface area contributed by atoms with E-state index < -0.39 is 11.8 Å². The molecule has 4 rings (SSSR count). The molecule has 0 aliphatic carbocycles. The summed E-state index contributed by atoms with van der Waals surface area (Å²) in [5.41, 5.74) is 3.76. The molecular formula is C30H27FN2O4. The Kier molecular flexibility index (Phi) is 7.93. The van der Waals surface area contributed by atoms with Crippen LogP contribution in [0.4, 0.5) is 4.39 Å². The van der Waals surface area contributed by atoms with Gasteiger partial charge in [0.05, 0.1) is 18.5 Å². The number of imidazole rings is 1. The maximum atomic E-state index is 13.7. The minimum Gasteiger partial charge on any atom is -0.490 e. The molecule has 37 heavy (non-hydrogen) atoms. The zero-order valence-corrected chi connectivity index (χ0v) is 20.9. The molecule has 0 unspecified atom stereocenters. The Labute approximate surface area is 215 Å². The predicted octanol–water partition coefficient (Wildman–Crippen LogP) is 6.25. The molecule has 0 bridgehead atoms. The van der Waals surface area contributed by atoms with Gasteiger partial charge in [0.1, 0.15) is 24.0 Å². The van der Waals surface area contributed by atoms with E-state index in [4.69, 9.17) is 9.72 Å². The van der Waals surface area contributed by atoms with Gasteiger partial charge in [-0.05, 0) is 66.6 Å². The zero-order valence-electron chi connectivity index (χ0n) is 20.9. The van der Waals surface area contributed by atoms with Crippen molar-refractivity contribution in [3.05, 3.63) is 108 Å². The van der Waals surface area contributed by atoms with Crippen LogP contribution in [0.2, 0.25) is 0 Å². The predicted molar refractivity (Wildman–Crippen MR) is 140 cm³/mol. The van der Waals surface area contributed by atoms with Crippen molar-refractivity contribution in [2.75, 3.05) is 13.7 Å². The second-order valence-electron chi connectivity index (χ2n) is 8.60. The Morgan fingerprint density at radius 1 is 0.973 bits per heavy atom. The number of benzene rings is 3. The van der Waals surface area contributed by atoms with Crippen LogP contribution in [0.3, 0.4) is 0 Å². The van der Waals surface area contributed by atoms with E-state index in [9.17, 15) is 14.0 Å². The fourth-order valence-corrected chi connectivity index (χ4v) is 3.88. The Morgan fingerprint density at radius 3 is 2.27 bits per heavy atom. The van der Waals surface area contributed by atoms with Crippen LogP contribution in [0.5, 0.6) is 5.75 Å². The SMILES string of the molecule is COC(=O)C(=O)c1ccc(OCC=Cc2c(C(C)C)nc(-c3ccccc3)n2-c2ccc(F)cc2)cc1. The van der Waals surface area contributed by atoms with Gasteiger partial charge >= 0.3 is 5.97 Å². The maximum absolute atomic E-state index is 13.7. The van der Waals surface area contributed by atoms with E-state index in [2.05, 4.69) is 18.6 Å². The fraction of sp³-hybridized carbons (Fsp3) is 0.167. The maximum Gasteiger partial charge on any atom is 0.379 e. The van der Waals surface area contributed by atoms with Gasteiger partial charge in [-0.3, -0.25) is 9.36 Å². The molecule has 6 nitrogen and oxygen atoms in total. The lowest BCUT2D eigenvalue weighted by Crippen LogP contribution is -2.15. The number of ketones is 1. The number of methoxy groups -OCH3 is 1. The van der Waals surface area contributed by atoms with Crippen LogP contribution in [0, 0.1) is 5.82 Å². The van der Waals surface area contributed by atoms with Gasteiger partial charge in [-0.1, -0.05) is 44.2 Å². The minimum atomic E-state index is -0.912. The number of aromatic nitrogens is 2. The summed E-state index contributed by atoms with van der Waals surface area (Å²) in [5.74, 6) is -0.471. The van der Waals surface area contributed by atoms with Gasteiger partial charge < -0.3 is 9.47 Å². The number of ether oxygens (including phenoxy) is 2. The molecule has 1 aromatic heterocycles. The summed E-state index contributed by atoms with van der Waals surface area (Å²) in [7, 11) is 1.17. The third kappa shape index (κ3) is 5.83. The molecular weight excluding hydrogens is 471 g/mol. The molecule has 0 saturated carbocycles. The zero-order chi connectivity index (χ0) is 26.4. The Hall–Kier alpha value is -4.52. The quantitative estimate of drug-likeness (QED) is 0.155. The molecule has 0 saturated heterocycles. The Bertz CT molecular complexity index is 1410. The summed E-state index contributed by atoms with van der Waals surface area (Å²) in [6.07, 6.45) is 3.83. The Morgan fingerprint density at radius 2 is 1.65 bits per heavy atom. The molecule has 0 atom stereocenters. The molecule has 188 valence electrons. The molecule has 0 spiro atoms. The van der Waals surface area contributed by atoms with Crippen LogP contribution in [-0.2, 0) is 9.53 Å². The van der Waals surface area contributed by atoms with Crippen LogP contribution in [0.1, 0.15) is 41.5 Å². The highest BCUT2D eigenvalue weighted by Crippen LogP contribution is 2.31. The van der Waals surface area contributed by atoms with E-state index in [1.807, 2.05) is 47.1 Å². The highest BCUT2D eigenvalue weighted by Gasteiger charge is 2.20. The highest BCUT2D eigenvalue weighted by atomic mass is 19.1. The number of halogens is 1. The monoisotopic (exact) mass is 498 g/mol. The van der Waals surface area contributed by atoms with E-state index in [1.165, 1.54) is 31.4 Å². The standard InChI is InChI=1S/C30H27FN2O4/c1-20(2)27-26(10-7-19-37-25-17-11-21(12-18-25)28(34)30(35)36-3)33(24-15-13-23(31)14-16-24)29(32-27)22-8-5-4-6-9-22/h4-18,20H,19H2,1-3H3. The first-order valence-corrected chi connectivity index (χ1v) is 11.8. The van der Waals surface area contributed by atoms with Crippen molar-refractivity contribution >= 4 is 17.8 Å². The van der Waals surface area contributed by atoms with Crippen LogP contribution >= 0.6 is 0 Å². The normalized spacial score (nSPS) is 11.2. The van der Waals surface area contributed by atoms with Crippen LogP contribution in [-0.4, -0.2) is 35.0 Å². The number of carbonyl (C=O) groups is 2. The second-order valence-corrected chi connectivity index (χ2v) is 8.60. The van der Waals surface area contributed by atoms with Gasteiger partial charge in [-0.15, -0.1) is 0 Å². The van der Waals surface area contributed by atoms with Gasteiger partial charge in [-0.2, -0.15) is 0 Å². The van der Waals surface area contributed by atoms with E-state index >= 15 is 0 Å². The van der Waals surface area contributed by atoms with Crippen molar-refractivity contribution in [2.45, 2.75) is 19.8 Å². The molecule has 4 aromatic rings. The lowest BCUT2D eigenvalue weighted by Gasteiger charge is -2.12. The number of hydrogen-bond donors (Lipinski definition) is 0. The largest absolute Gasteiger partial charge is 0.490 e. The van der Waals surface area contributed by atoms with Crippen LogP contribution < -0.4 is 4.74 Å². The molecule has 0 radical (unpaired) electrons. The van der Waals surface area contributed by atoms with Crippen molar-refractivity contribution < 1.29 is 23.5 Å². The lowest BCUT2D eigenvalue weighted by molar-refractivity contribution is -0.135. The average molecular weight is 499 g/mol. The summed E-state index contributed by atoms with van der Waals surface area (Å²) in [5, 5.41) is 0. The molecule has 0 aliphatic rings. The molecule has 0 amide bonds. The number of rotatable bonds is 9. The van der Waals surface area contributed by atoms with Gasteiger partial charge in [-0.25, -0.2) is 14.2 Å². The summed E-state index contributed by atoms with van der Waals surface area (Å²) in [6, 6.07) is 22.5. The summed E-state index contributed by atoms with van der Waals surface area (Å²) >= 11 is 0. The first-order chi connectivity index (χ1) is 17.9. The number of carbonyl (C=O) groups excluding carboxylic acids is 2. The van der Waals surface area contributed by atoms with Crippen molar-refractivity contribution in [1.82, 2.24) is 9.55 Å². The smallest absolute Gasteiger partial charge is 0.379 e. The fourth-order valence-electron chi connectivity index (χ4n) is 3.88. The topological polar surface area (TPSA) is 70.4 Å². The molecule has 7 heteroatoms. The first-order valence-electron chi connectivity index (χ1n) is 11.8. The molecule has 0 fully saturated rings. The minimum absolute atomic E-state index is 0.143. The molecule has 1 heterocycles. The lowest BCUT2D eigenvalue weighted by atomic mass is 10.1. The highest BCUT2D eigenvalue weighted by molar-refractivity contribution is 6.40.